The number of aromatic nitrogens is 1. The lowest BCUT2D eigenvalue weighted by atomic mass is 9.67. The quantitative estimate of drug-likeness (QED) is 0.166. The van der Waals surface area contributed by atoms with Crippen molar-refractivity contribution in [2.45, 2.75) is 24.7 Å². The first kappa shape index (κ1) is 37.9. The minimum atomic E-state index is -0.524. The fraction of sp³-hybridized carbons (Fsp3) is 0.0625. The molecular formula is C64H44N2O. The zero-order valence-electron chi connectivity index (χ0n) is 37.2. The molecule has 0 bridgehead atoms. The number of nitrogens with zero attached hydrogens (tertiary/aromatic N) is 2. The highest BCUT2D eigenvalue weighted by atomic mass is 16.3. The summed E-state index contributed by atoms with van der Waals surface area (Å²) in [6, 6.07) is 85.2. The van der Waals surface area contributed by atoms with E-state index in [1.54, 1.807) is 0 Å². The summed E-state index contributed by atoms with van der Waals surface area (Å²) >= 11 is 0. The van der Waals surface area contributed by atoms with E-state index in [2.05, 4.69) is 248 Å². The molecule has 0 atom stereocenters. The molecule has 316 valence electrons. The van der Waals surface area contributed by atoms with Gasteiger partial charge in [0, 0.05) is 55.8 Å². The van der Waals surface area contributed by atoms with E-state index in [9.17, 15) is 0 Å². The fourth-order valence-electron chi connectivity index (χ4n) is 12.1. The second-order valence-electron chi connectivity index (χ2n) is 18.8. The van der Waals surface area contributed by atoms with E-state index < -0.39 is 5.41 Å². The lowest BCUT2D eigenvalue weighted by molar-refractivity contribution is 0.660. The zero-order chi connectivity index (χ0) is 44.4. The maximum absolute atomic E-state index is 6.57. The van der Waals surface area contributed by atoms with E-state index >= 15 is 0 Å². The largest absolute Gasteiger partial charge is 0.456 e. The molecule has 14 rings (SSSR count). The minimum Gasteiger partial charge on any atom is -0.456 e. The predicted molar refractivity (Wildman–Crippen MR) is 278 cm³/mol. The summed E-state index contributed by atoms with van der Waals surface area (Å²) in [6.07, 6.45) is 0. The van der Waals surface area contributed by atoms with Gasteiger partial charge < -0.3 is 13.9 Å². The van der Waals surface area contributed by atoms with Gasteiger partial charge in [0.1, 0.15) is 11.2 Å². The van der Waals surface area contributed by atoms with Gasteiger partial charge in [0.2, 0.25) is 0 Å². The van der Waals surface area contributed by atoms with Crippen LogP contribution in [0.4, 0.5) is 17.1 Å². The Balaban J connectivity index is 1.05. The van der Waals surface area contributed by atoms with Crippen molar-refractivity contribution in [1.29, 1.82) is 0 Å². The first-order valence-electron chi connectivity index (χ1n) is 23.3. The van der Waals surface area contributed by atoms with Gasteiger partial charge in [-0.1, -0.05) is 166 Å². The Labute approximate surface area is 389 Å². The van der Waals surface area contributed by atoms with Gasteiger partial charge in [-0.2, -0.15) is 0 Å². The maximum atomic E-state index is 6.57. The summed E-state index contributed by atoms with van der Waals surface area (Å²) in [4.78, 5) is 2.42. The highest BCUT2D eigenvalue weighted by Gasteiger charge is 2.46. The van der Waals surface area contributed by atoms with E-state index in [-0.39, 0.29) is 5.41 Å². The molecule has 3 nitrogen and oxygen atoms in total. The average Bonchev–Trinajstić information content (AvgIpc) is 4.08. The van der Waals surface area contributed by atoms with Crippen LogP contribution in [-0.4, -0.2) is 4.57 Å². The van der Waals surface area contributed by atoms with Gasteiger partial charge in [0.05, 0.1) is 16.4 Å². The molecule has 12 aromatic rings. The first-order chi connectivity index (χ1) is 33.0. The van der Waals surface area contributed by atoms with Crippen LogP contribution in [0.5, 0.6) is 0 Å². The number of benzene rings is 10. The van der Waals surface area contributed by atoms with Crippen molar-refractivity contribution in [3.8, 4) is 27.9 Å². The van der Waals surface area contributed by atoms with Crippen molar-refractivity contribution in [1.82, 2.24) is 4.57 Å². The van der Waals surface area contributed by atoms with Crippen LogP contribution in [0.25, 0.3) is 71.7 Å². The molecule has 0 radical (unpaired) electrons. The molecule has 10 aromatic carbocycles. The molecule has 0 spiro atoms. The topological polar surface area (TPSA) is 21.3 Å². The molecule has 0 unspecified atom stereocenters. The van der Waals surface area contributed by atoms with E-state index in [0.29, 0.717) is 0 Å². The lowest BCUT2D eigenvalue weighted by Gasteiger charge is -2.34. The molecule has 2 aliphatic carbocycles. The molecule has 2 aliphatic rings. The van der Waals surface area contributed by atoms with Crippen LogP contribution in [0.15, 0.2) is 235 Å². The van der Waals surface area contributed by atoms with Gasteiger partial charge in [-0.3, -0.25) is 0 Å². The Hall–Kier alpha value is -8.40. The normalized spacial score (nSPS) is 14.1. The van der Waals surface area contributed by atoms with Gasteiger partial charge in [0.15, 0.2) is 0 Å². The van der Waals surface area contributed by atoms with Gasteiger partial charge >= 0.3 is 0 Å². The predicted octanol–water partition coefficient (Wildman–Crippen LogP) is 16.8. The molecule has 2 heterocycles. The van der Waals surface area contributed by atoms with E-state index in [4.69, 9.17) is 4.42 Å². The number of anilines is 3. The summed E-state index contributed by atoms with van der Waals surface area (Å²) in [6.45, 7) is 4.69. The van der Waals surface area contributed by atoms with E-state index in [1.807, 2.05) is 6.07 Å². The molecule has 0 aliphatic heterocycles. The standard InChI is InChI=1S/C64H44N2O/c1-63(2)55-25-13-9-23-49(55)52-38-44(31-34-56(52)63)65(46-30-33-51-50-24-12-16-28-61(50)67-62(51)40-46)45-32-36-60-54(39-45)53-37-42(29-35-59(53)66(60)43-19-7-4-8-20-43)64(41-17-5-3-6-18-41)57-26-14-10-21-47(57)48-22-11-15-27-58(48)64/h3-40H,1-2H3. The van der Waals surface area contributed by atoms with Crippen molar-refractivity contribution in [2.24, 2.45) is 0 Å². The lowest BCUT2D eigenvalue weighted by Crippen LogP contribution is -2.28. The van der Waals surface area contributed by atoms with Gasteiger partial charge in [-0.15, -0.1) is 0 Å². The Morgan fingerprint density at radius 1 is 0.358 bits per heavy atom. The summed E-state index contributed by atoms with van der Waals surface area (Å²) < 4.78 is 9.00. The van der Waals surface area contributed by atoms with Crippen molar-refractivity contribution in [2.75, 3.05) is 4.90 Å². The van der Waals surface area contributed by atoms with Gasteiger partial charge in [-0.25, -0.2) is 0 Å². The number of para-hydroxylation sites is 2. The molecule has 2 aromatic heterocycles. The second kappa shape index (κ2) is 14.1. The fourth-order valence-corrected chi connectivity index (χ4v) is 12.1. The number of furan rings is 1. The van der Waals surface area contributed by atoms with E-state index in [0.717, 1.165) is 55.7 Å². The Bertz CT molecular complexity index is 3920. The average molecular weight is 857 g/mol. The number of rotatable bonds is 6. The number of hydrogen-bond donors (Lipinski definition) is 0. The van der Waals surface area contributed by atoms with Crippen LogP contribution in [0.1, 0.15) is 47.2 Å². The minimum absolute atomic E-state index is 0.101. The number of fused-ring (bicyclic) bond motifs is 12. The van der Waals surface area contributed by atoms with Gasteiger partial charge in [-0.05, 0) is 128 Å². The van der Waals surface area contributed by atoms with Crippen molar-refractivity contribution < 1.29 is 4.42 Å². The third-order valence-corrected chi connectivity index (χ3v) is 15.1. The maximum Gasteiger partial charge on any atom is 0.137 e. The highest BCUT2D eigenvalue weighted by Crippen LogP contribution is 2.57. The van der Waals surface area contributed by atoms with Gasteiger partial charge in [0.25, 0.3) is 0 Å². The molecule has 3 heteroatoms. The monoisotopic (exact) mass is 856 g/mol. The smallest absolute Gasteiger partial charge is 0.137 e. The Morgan fingerprint density at radius 3 is 1.63 bits per heavy atom. The van der Waals surface area contributed by atoms with Crippen LogP contribution >= 0.6 is 0 Å². The molecular weight excluding hydrogens is 813 g/mol. The van der Waals surface area contributed by atoms with Crippen molar-refractivity contribution in [3.05, 3.63) is 264 Å². The Morgan fingerprint density at radius 2 is 0.881 bits per heavy atom. The summed E-state index contributed by atoms with van der Waals surface area (Å²) in [5, 5.41) is 4.62. The summed E-state index contributed by atoms with van der Waals surface area (Å²) in [5.74, 6) is 0. The van der Waals surface area contributed by atoms with Crippen molar-refractivity contribution >= 4 is 60.8 Å². The third kappa shape index (κ3) is 5.28. The summed E-state index contributed by atoms with van der Waals surface area (Å²) in [5.41, 5.74) is 20.8. The van der Waals surface area contributed by atoms with Crippen LogP contribution in [0.3, 0.4) is 0 Å². The number of hydrogen-bond acceptors (Lipinski definition) is 2. The van der Waals surface area contributed by atoms with Crippen LogP contribution in [0, 0.1) is 0 Å². The first-order valence-corrected chi connectivity index (χ1v) is 23.3. The van der Waals surface area contributed by atoms with Crippen LogP contribution in [0.2, 0.25) is 0 Å². The van der Waals surface area contributed by atoms with E-state index in [1.165, 1.54) is 66.4 Å². The summed E-state index contributed by atoms with van der Waals surface area (Å²) in [7, 11) is 0. The molecule has 0 saturated carbocycles. The van der Waals surface area contributed by atoms with Crippen molar-refractivity contribution in [3.63, 3.8) is 0 Å². The molecule has 67 heavy (non-hydrogen) atoms. The molecule has 0 saturated heterocycles. The second-order valence-corrected chi connectivity index (χ2v) is 18.8. The zero-order valence-corrected chi connectivity index (χ0v) is 37.2. The molecule has 0 N–H and O–H groups in total. The Kier molecular flexibility index (Phi) is 7.95. The third-order valence-electron chi connectivity index (χ3n) is 15.1. The molecule has 0 fully saturated rings. The highest BCUT2D eigenvalue weighted by molar-refractivity contribution is 6.12. The molecule has 0 amide bonds. The SMILES string of the molecule is CC1(C)c2ccccc2-c2cc(N(c3ccc4c(c3)oc3ccccc34)c3ccc4c(c3)c3cc(C5(c6ccccc6)c6ccccc6-c6ccccc65)ccc3n4-c3ccccc3)ccc21. The van der Waals surface area contributed by atoms with Crippen LogP contribution in [-0.2, 0) is 10.8 Å². The van der Waals surface area contributed by atoms with Crippen LogP contribution < -0.4 is 4.90 Å².